The summed E-state index contributed by atoms with van der Waals surface area (Å²) in [6, 6.07) is 0. The van der Waals surface area contributed by atoms with Gasteiger partial charge in [-0.2, -0.15) is 0 Å². The van der Waals surface area contributed by atoms with Crippen LogP contribution in [0.1, 0.15) is 6.42 Å². The summed E-state index contributed by atoms with van der Waals surface area (Å²) in [6.45, 7) is 0. The first-order chi connectivity index (χ1) is 2.41. The van der Waals surface area contributed by atoms with Crippen molar-refractivity contribution in [1.82, 2.24) is 0 Å². The second-order valence-electron chi connectivity index (χ2n) is 0.465. The SMILES string of the molecule is O=[C-]C[C-]=O.[W].[W]. The first-order valence-corrected chi connectivity index (χ1v) is 1.12. The van der Waals surface area contributed by atoms with E-state index in [9.17, 15) is 0 Å². The summed E-state index contributed by atoms with van der Waals surface area (Å²) in [7, 11) is 0. The Labute approximate surface area is 70.6 Å². The normalized spacial score (nSPS) is 4.57. The molecule has 0 aliphatic rings. The Morgan fingerprint density at radius 3 is 1.29 bits per heavy atom. The van der Waals surface area contributed by atoms with E-state index in [1.54, 1.807) is 0 Å². The van der Waals surface area contributed by atoms with E-state index < -0.39 is 0 Å². The summed E-state index contributed by atoms with van der Waals surface area (Å²) < 4.78 is 0. The quantitative estimate of drug-likeness (QED) is 0.435. The first-order valence-electron chi connectivity index (χ1n) is 1.12. The zero-order valence-corrected chi connectivity index (χ0v) is 9.21. The third kappa shape index (κ3) is 20.2. The van der Waals surface area contributed by atoms with Crippen LogP contribution in [0, 0.1) is 0 Å². The van der Waals surface area contributed by atoms with Crippen molar-refractivity contribution in [1.29, 1.82) is 0 Å². The number of hydrogen-bond acceptors (Lipinski definition) is 2. The monoisotopic (exact) mass is 438 g/mol. The molecule has 0 rings (SSSR count). The summed E-state index contributed by atoms with van der Waals surface area (Å²) in [6.07, 6.45) is 2.47. The van der Waals surface area contributed by atoms with Crippen LogP contribution >= 0.6 is 0 Å². The molecule has 0 spiro atoms. The predicted molar refractivity (Wildman–Crippen MR) is 16.0 cm³/mol. The van der Waals surface area contributed by atoms with Gasteiger partial charge in [0.2, 0.25) is 0 Å². The number of rotatable bonds is 2. The zero-order valence-electron chi connectivity index (χ0n) is 3.34. The van der Waals surface area contributed by atoms with Gasteiger partial charge in [0.25, 0.3) is 0 Å². The molecular weight excluding hydrogens is 436 g/mol. The number of carbonyl (C=O) groups excluding carboxylic acids is 2. The van der Waals surface area contributed by atoms with Gasteiger partial charge in [0.05, 0.1) is 0 Å². The fourth-order valence-electron chi connectivity index (χ4n) is 0.0295. The maximum absolute atomic E-state index is 9.02. The molecule has 0 fully saturated rings. The van der Waals surface area contributed by atoms with Crippen molar-refractivity contribution in [2.45, 2.75) is 6.42 Å². The van der Waals surface area contributed by atoms with Gasteiger partial charge in [0.1, 0.15) is 0 Å². The molecule has 0 aromatic rings. The summed E-state index contributed by atoms with van der Waals surface area (Å²) in [4.78, 5) is 18.0. The third-order valence-corrected chi connectivity index (χ3v) is 0.144. The molecule has 0 radical (unpaired) electrons. The second-order valence-corrected chi connectivity index (χ2v) is 0.465. The van der Waals surface area contributed by atoms with Crippen molar-refractivity contribution >= 4 is 12.6 Å². The average Bonchev–Trinajstić information content (AvgIpc) is 1.41. The van der Waals surface area contributed by atoms with Gasteiger partial charge < -0.3 is 9.59 Å². The van der Waals surface area contributed by atoms with Gasteiger partial charge in [-0.1, -0.05) is 0 Å². The van der Waals surface area contributed by atoms with E-state index in [1.807, 2.05) is 0 Å². The Bertz CT molecular complexity index is 40.2. The van der Waals surface area contributed by atoms with Crippen LogP contribution in [0.25, 0.3) is 0 Å². The molecule has 4 heteroatoms. The van der Waals surface area contributed by atoms with Gasteiger partial charge in [-0.05, 0) is 0 Å². The van der Waals surface area contributed by atoms with E-state index >= 15 is 0 Å². The Morgan fingerprint density at radius 1 is 1.00 bits per heavy atom. The smallest absolute Gasteiger partial charge is 0 e. The van der Waals surface area contributed by atoms with E-state index in [4.69, 9.17) is 9.59 Å². The van der Waals surface area contributed by atoms with Gasteiger partial charge in [0, 0.05) is 42.1 Å². The molecule has 7 heavy (non-hydrogen) atoms. The van der Waals surface area contributed by atoms with E-state index in [1.165, 1.54) is 12.6 Å². The standard InChI is InChI=1S/C3H2O2.2W/c4-2-1-3-5;;/h1H2;;/q-2;;. The third-order valence-electron chi connectivity index (χ3n) is 0.144. The van der Waals surface area contributed by atoms with Crippen LogP contribution in [0.5, 0.6) is 0 Å². The molecule has 2 nitrogen and oxygen atoms in total. The molecule has 0 bridgehead atoms. The fourth-order valence-corrected chi connectivity index (χ4v) is 0.0295. The minimum atomic E-state index is -0.222. The van der Waals surface area contributed by atoms with Crippen molar-refractivity contribution in [2.75, 3.05) is 0 Å². The summed E-state index contributed by atoms with van der Waals surface area (Å²) >= 11 is 0. The molecule has 0 aromatic heterocycles. The summed E-state index contributed by atoms with van der Waals surface area (Å²) in [5, 5.41) is 0. The molecular formula is C3H2O2W2-2. The van der Waals surface area contributed by atoms with Crippen molar-refractivity contribution in [3.63, 3.8) is 0 Å². The van der Waals surface area contributed by atoms with E-state index in [-0.39, 0.29) is 48.6 Å². The van der Waals surface area contributed by atoms with Crippen molar-refractivity contribution in [2.24, 2.45) is 0 Å². The Hall–Kier alpha value is 0.717. The van der Waals surface area contributed by atoms with Gasteiger partial charge in [0.15, 0.2) is 0 Å². The fraction of sp³-hybridized carbons (Fsp3) is 0.333. The topological polar surface area (TPSA) is 34.1 Å². The average molecular weight is 438 g/mol. The Balaban J connectivity index is -0.0000000800. The van der Waals surface area contributed by atoms with Crippen LogP contribution in [0.15, 0.2) is 0 Å². The van der Waals surface area contributed by atoms with Crippen LogP contribution in [-0.4, -0.2) is 12.6 Å². The molecule has 0 aliphatic carbocycles. The molecule has 0 saturated carbocycles. The molecule has 0 N–H and O–H groups in total. The number of hydrogen-bond donors (Lipinski definition) is 0. The minimum Gasteiger partial charge on any atom is -0.544 e. The maximum atomic E-state index is 9.02. The minimum absolute atomic E-state index is 0. The van der Waals surface area contributed by atoms with Crippen LogP contribution in [-0.2, 0) is 51.7 Å². The van der Waals surface area contributed by atoms with Gasteiger partial charge >= 0.3 is 0 Å². The van der Waals surface area contributed by atoms with Gasteiger partial charge in [-0.15, -0.1) is 0 Å². The first kappa shape index (κ1) is 15.6. The van der Waals surface area contributed by atoms with Crippen molar-refractivity contribution in [3.8, 4) is 0 Å². The van der Waals surface area contributed by atoms with Crippen molar-refractivity contribution in [3.05, 3.63) is 0 Å². The van der Waals surface area contributed by atoms with E-state index in [0.29, 0.717) is 0 Å². The molecule has 0 saturated heterocycles. The zero-order chi connectivity index (χ0) is 4.12. The van der Waals surface area contributed by atoms with Gasteiger partial charge in [-0.3, -0.25) is 19.0 Å². The van der Waals surface area contributed by atoms with Crippen LogP contribution in [0.3, 0.4) is 0 Å². The van der Waals surface area contributed by atoms with Crippen LogP contribution in [0.4, 0.5) is 0 Å². The van der Waals surface area contributed by atoms with E-state index in [0.717, 1.165) is 0 Å². The van der Waals surface area contributed by atoms with Crippen molar-refractivity contribution < 1.29 is 51.7 Å². The largest absolute Gasteiger partial charge is 0.544 e. The second kappa shape index (κ2) is 15.9. The molecule has 0 amide bonds. The Morgan fingerprint density at radius 2 is 1.29 bits per heavy atom. The molecule has 40 valence electrons. The maximum Gasteiger partial charge on any atom is 0 e. The molecule has 0 atom stereocenters. The predicted octanol–water partition coefficient (Wildman–Crippen LogP) is -0.409. The van der Waals surface area contributed by atoms with Crippen LogP contribution < -0.4 is 0 Å². The van der Waals surface area contributed by atoms with Gasteiger partial charge in [-0.25, -0.2) is 0 Å². The van der Waals surface area contributed by atoms with E-state index in [2.05, 4.69) is 0 Å². The van der Waals surface area contributed by atoms with Crippen LogP contribution in [0.2, 0.25) is 0 Å². The Kier molecular flexibility index (Phi) is 35.5. The molecule has 0 aromatic carbocycles. The molecule has 0 unspecified atom stereocenters. The summed E-state index contributed by atoms with van der Waals surface area (Å²) in [5.41, 5.74) is 0. The molecule has 0 heterocycles. The summed E-state index contributed by atoms with van der Waals surface area (Å²) in [5.74, 6) is 0. The molecule has 0 aliphatic heterocycles.